The van der Waals surface area contributed by atoms with Crippen molar-refractivity contribution in [2.45, 2.75) is 13.0 Å². The van der Waals surface area contributed by atoms with Crippen molar-refractivity contribution in [2.75, 3.05) is 23.9 Å². The Morgan fingerprint density at radius 2 is 1.76 bits per heavy atom. The number of anilines is 2. The predicted octanol–water partition coefficient (Wildman–Crippen LogP) is 6.07. The van der Waals surface area contributed by atoms with Crippen LogP contribution in [0.2, 0.25) is 0 Å². The first kappa shape index (κ1) is 24.0. The van der Waals surface area contributed by atoms with E-state index in [1.807, 2.05) is 65.6 Å². The van der Waals surface area contributed by atoms with Crippen molar-refractivity contribution in [3.63, 3.8) is 0 Å². The molecule has 0 saturated heterocycles. The lowest BCUT2D eigenvalue weighted by Gasteiger charge is -2.24. The van der Waals surface area contributed by atoms with Gasteiger partial charge in [-0.1, -0.05) is 24.3 Å². The van der Waals surface area contributed by atoms with Crippen LogP contribution < -0.4 is 15.0 Å². The molecule has 0 aliphatic rings. The van der Waals surface area contributed by atoms with Gasteiger partial charge in [-0.3, -0.25) is 4.79 Å². The molecule has 7 nitrogen and oxygen atoms in total. The molecular weight excluding hydrogens is 471 g/mol. The fourth-order valence-electron chi connectivity index (χ4n) is 4.03. The number of methoxy groups -OCH3 is 1. The summed E-state index contributed by atoms with van der Waals surface area (Å²) in [6.07, 6.45) is 1.73. The summed E-state index contributed by atoms with van der Waals surface area (Å²) in [4.78, 5) is 24.4. The van der Waals surface area contributed by atoms with Crippen molar-refractivity contribution in [2.24, 2.45) is 0 Å². The number of carbonyl (C=O) groups excluding carboxylic acids is 1. The van der Waals surface area contributed by atoms with Crippen molar-refractivity contribution in [1.29, 1.82) is 0 Å². The van der Waals surface area contributed by atoms with E-state index < -0.39 is 5.82 Å². The molecule has 2 aromatic heterocycles. The maximum atomic E-state index is 14.0. The number of halogens is 1. The maximum Gasteiger partial charge on any atom is 0.226 e. The minimum atomic E-state index is -0.478. The third-order valence-corrected chi connectivity index (χ3v) is 5.91. The Hall–Kier alpha value is -4.72. The lowest BCUT2D eigenvalue weighted by molar-refractivity contribution is -0.116. The summed E-state index contributed by atoms with van der Waals surface area (Å²) in [7, 11) is 1.62. The third-order valence-electron chi connectivity index (χ3n) is 5.91. The molecule has 186 valence electrons. The molecule has 0 saturated carbocycles. The smallest absolute Gasteiger partial charge is 0.226 e. The summed E-state index contributed by atoms with van der Waals surface area (Å²) in [6, 6.07) is 25.1. The van der Waals surface area contributed by atoms with E-state index in [-0.39, 0.29) is 18.0 Å². The molecule has 0 aliphatic heterocycles. The van der Waals surface area contributed by atoms with Crippen LogP contribution in [0.15, 0.2) is 95.6 Å². The van der Waals surface area contributed by atoms with Gasteiger partial charge >= 0.3 is 0 Å². The fourth-order valence-corrected chi connectivity index (χ4v) is 4.03. The van der Waals surface area contributed by atoms with E-state index in [0.717, 1.165) is 28.0 Å². The van der Waals surface area contributed by atoms with Gasteiger partial charge in [0.2, 0.25) is 5.91 Å². The second kappa shape index (κ2) is 10.9. The van der Waals surface area contributed by atoms with Crippen LogP contribution in [0.5, 0.6) is 5.75 Å². The fraction of sp³-hybridized carbons (Fsp3) is 0.138. The minimum Gasteiger partial charge on any atom is -0.497 e. The van der Waals surface area contributed by atoms with Crippen LogP contribution in [0.1, 0.15) is 12.2 Å². The molecule has 0 spiro atoms. The first-order valence-corrected chi connectivity index (χ1v) is 11.8. The maximum absolute atomic E-state index is 14.0. The standard InChI is InChI=1S/C29H25FN4O3/c1-36-21-14-12-20(13-15-21)28-32-25-10-4-2-8-23(25)29(33-28)34(19-22-7-6-18-37-22)17-16-27(35)31-26-11-5-3-9-24(26)30/h2-15,18H,16-17,19H2,1H3,(H,31,35). The van der Waals surface area contributed by atoms with Crippen LogP contribution in [-0.2, 0) is 11.3 Å². The summed E-state index contributed by atoms with van der Waals surface area (Å²) in [5, 5.41) is 3.50. The van der Waals surface area contributed by atoms with E-state index in [9.17, 15) is 9.18 Å². The number of amides is 1. The number of furan rings is 1. The van der Waals surface area contributed by atoms with Gasteiger partial charge in [-0.2, -0.15) is 0 Å². The van der Waals surface area contributed by atoms with Crippen LogP contribution in [0.3, 0.4) is 0 Å². The molecule has 37 heavy (non-hydrogen) atoms. The number of fused-ring (bicyclic) bond motifs is 1. The van der Waals surface area contributed by atoms with Gasteiger partial charge in [-0.25, -0.2) is 14.4 Å². The lowest BCUT2D eigenvalue weighted by atomic mass is 10.1. The Morgan fingerprint density at radius 3 is 2.51 bits per heavy atom. The van der Waals surface area contributed by atoms with E-state index in [0.29, 0.717) is 24.7 Å². The van der Waals surface area contributed by atoms with Gasteiger partial charge in [0.25, 0.3) is 0 Å². The van der Waals surface area contributed by atoms with Crippen LogP contribution >= 0.6 is 0 Å². The highest BCUT2D eigenvalue weighted by Crippen LogP contribution is 2.29. The lowest BCUT2D eigenvalue weighted by Crippen LogP contribution is -2.28. The molecule has 0 radical (unpaired) electrons. The quantitative estimate of drug-likeness (QED) is 0.267. The number of carbonyl (C=O) groups is 1. The molecule has 0 unspecified atom stereocenters. The topological polar surface area (TPSA) is 80.5 Å². The Labute approximate surface area is 213 Å². The largest absolute Gasteiger partial charge is 0.497 e. The SMILES string of the molecule is COc1ccc(-c2nc(N(CCC(=O)Nc3ccccc3F)Cc3ccco3)c3ccccc3n2)cc1. The first-order valence-electron chi connectivity index (χ1n) is 11.8. The minimum absolute atomic E-state index is 0.116. The van der Waals surface area contributed by atoms with Gasteiger partial charge in [-0.05, 0) is 60.7 Å². The molecule has 0 aliphatic carbocycles. The molecule has 1 amide bonds. The second-order valence-corrected chi connectivity index (χ2v) is 8.40. The van der Waals surface area contributed by atoms with Gasteiger partial charge in [0.05, 0.1) is 31.1 Å². The van der Waals surface area contributed by atoms with Crippen LogP contribution in [0, 0.1) is 5.82 Å². The van der Waals surface area contributed by atoms with E-state index in [1.54, 1.807) is 25.5 Å². The van der Waals surface area contributed by atoms with E-state index >= 15 is 0 Å². The number of nitrogens with zero attached hydrogens (tertiary/aromatic N) is 3. The van der Waals surface area contributed by atoms with Crippen LogP contribution in [-0.4, -0.2) is 29.5 Å². The van der Waals surface area contributed by atoms with Crippen LogP contribution in [0.25, 0.3) is 22.3 Å². The molecular formula is C29H25FN4O3. The van der Waals surface area contributed by atoms with Gasteiger partial charge in [0.15, 0.2) is 5.82 Å². The average Bonchev–Trinajstić information content (AvgIpc) is 3.45. The molecule has 5 aromatic rings. The molecule has 5 rings (SSSR count). The zero-order chi connectivity index (χ0) is 25.6. The Morgan fingerprint density at radius 1 is 0.973 bits per heavy atom. The molecule has 1 N–H and O–H groups in total. The zero-order valence-corrected chi connectivity index (χ0v) is 20.2. The summed E-state index contributed by atoms with van der Waals surface area (Å²) < 4.78 is 24.9. The van der Waals surface area contributed by atoms with Crippen LogP contribution in [0.4, 0.5) is 15.9 Å². The van der Waals surface area contributed by atoms with Crippen molar-refractivity contribution in [3.05, 3.63) is 103 Å². The Balaban J connectivity index is 1.48. The highest BCUT2D eigenvalue weighted by molar-refractivity contribution is 5.93. The van der Waals surface area contributed by atoms with Crippen molar-refractivity contribution >= 4 is 28.3 Å². The second-order valence-electron chi connectivity index (χ2n) is 8.40. The van der Waals surface area contributed by atoms with E-state index in [2.05, 4.69) is 5.32 Å². The summed E-state index contributed by atoms with van der Waals surface area (Å²) in [5.41, 5.74) is 1.76. The number of ether oxygens (including phenoxy) is 1. The number of para-hydroxylation sites is 2. The van der Waals surface area contributed by atoms with E-state index in [4.69, 9.17) is 19.1 Å². The van der Waals surface area contributed by atoms with Gasteiger partial charge in [0.1, 0.15) is 23.1 Å². The third kappa shape index (κ3) is 5.59. The average molecular weight is 497 g/mol. The highest BCUT2D eigenvalue weighted by Gasteiger charge is 2.19. The number of benzene rings is 3. The molecule has 0 atom stereocenters. The highest BCUT2D eigenvalue weighted by atomic mass is 19.1. The summed E-state index contributed by atoms with van der Waals surface area (Å²) in [5.74, 6) is 1.91. The molecule has 3 aromatic carbocycles. The molecule has 0 fully saturated rings. The van der Waals surface area contributed by atoms with E-state index in [1.165, 1.54) is 12.1 Å². The number of aromatic nitrogens is 2. The predicted molar refractivity (Wildman–Crippen MR) is 141 cm³/mol. The molecule has 8 heteroatoms. The van der Waals surface area contributed by atoms with Crippen molar-refractivity contribution in [3.8, 4) is 17.1 Å². The zero-order valence-electron chi connectivity index (χ0n) is 20.2. The normalized spacial score (nSPS) is 10.9. The van der Waals surface area contributed by atoms with Crippen molar-refractivity contribution < 1.29 is 18.3 Å². The molecule has 0 bridgehead atoms. The summed E-state index contributed by atoms with van der Waals surface area (Å²) >= 11 is 0. The number of rotatable bonds is 9. The molecule has 2 heterocycles. The number of nitrogens with one attached hydrogen (secondary N) is 1. The van der Waals surface area contributed by atoms with Crippen molar-refractivity contribution in [1.82, 2.24) is 9.97 Å². The number of hydrogen-bond acceptors (Lipinski definition) is 6. The Kier molecular flexibility index (Phi) is 7.07. The number of hydrogen-bond donors (Lipinski definition) is 1. The Bertz CT molecular complexity index is 1500. The summed E-state index contributed by atoms with van der Waals surface area (Å²) in [6.45, 7) is 0.715. The van der Waals surface area contributed by atoms with Gasteiger partial charge < -0.3 is 19.4 Å². The van der Waals surface area contributed by atoms with Gasteiger partial charge in [-0.15, -0.1) is 0 Å². The monoisotopic (exact) mass is 496 g/mol. The van der Waals surface area contributed by atoms with Gasteiger partial charge in [0, 0.05) is 23.9 Å². The first-order chi connectivity index (χ1) is 18.1.